The van der Waals surface area contributed by atoms with E-state index in [0.29, 0.717) is 10.8 Å². The number of aromatic nitrogens is 3. The molecule has 16 heavy (non-hydrogen) atoms. The van der Waals surface area contributed by atoms with Crippen molar-refractivity contribution in [3.05, 3.63) is 40.4 Å². The van der Waals surface area contributed by atoms with Gasteiger partial charge in [0, 0.05) is 10.9 Å². The van der Waals surface area contributed by atoms with E-state index in [0.717, 1.165) is 16.2 Å². The first-order valence-electron chi connectivity index (χ1n) is 4.81. The molecular weight excluding hydrogens is 242 g/mol. The molecule has 0 N–H and O–H groups in total. The van der Waals surface area contributed by atoms with Crippen molar-refractivity contribution in [2.45, 2.75) is 6.92 Å². The third-order valence-electron chi connectivity index (χ3n) is 2.36. The van der Waals surface area contributed by atoms with Gasteiger partial charge in [0.25, 0.3) is 0 Å². The van der Waals surface area contributed by atoms with Crippen LogP contribution in [-0.4, -0.2) is 14.6 Å². The number of hydrogen-bond donors (Lipinski definition) is 0. The van der Waals surface area contributed by atoms with Crippen LogP contribution < -0.4 is 0 Å². The molecule has 3 nitrogen and oxygen atoms in total. The average molecular weight is 250 g/mol. The molecule has 0 fully saturated rings. The second-order valence-corrected chi connectivity index (χ2v) is 4.73. The van der Waals surface area contributed by atoms with Crippen molar-refractivity contribution in [1.29, 1.82) is 0 Å². The number of nitrogens with zero attached hydrogens (tertiary/aromatic N) is 3. The van der Waals surface area contributed by atoms with Gasteiger partial charge in [-0.1, -0.05) is 23.7 Å². The smallest absolute Gasteiger partial charge is 0.208 e. The lowest BCUT2D eigenvalue weighted by Gasteiger charge is -1.96. The van der Waals surface area contributed by atoms with Crippen molar-refractivity contribution in [2.75, 3.05) is 0 Å². The highest BCUT2D eigenvalue weighted by molar-refractivity contribution is 7.15. The second-order valence-electron chi connectivity index (χ2n) is 3.49. The van der Waals surface area contributed by atoms with Crippen molar-refractivity contribution in [3.8, 4) is 11.4 Å². The number of rotatable bonds is 1. The first kappa shape index (κ1) is 9.81. The van der Waals surface area contributed by atoms with Crippen molar-refractivity contribution >= 4 is 27.9 Å². The Morgan fingerprint density at radius 1 is 1.31 bits per heavy atom. The second kappa shape index (κ2) is 3.57. The number of aryl methyl sites for hydroxylation is 1. The fourth-order valence-electron chi connectivity index (χ4n) is 1.55. The Morgan fingerprint density at radius 3 is 2.88 bits per heavy atom. The van der Waals surface area contributed by atoms with Crippen LogP contribution in [0.25, 0.3) is 16.3 Å². The number of halogens is 1. The largest absolute Gasteiger partial charge is 0.212 e. The third kappa shape index (κ3) is 1.42. The molecule has 5 heteroatoms. The molecule has 0 spiro atoms. The molecule has 2 heterocycles. The maximum Gasteiger partial charge on any atom is 0.212 e. The number of hydrogen-bond acceptors (Lipinski definition) is 3. The van der Waals surface area contributed by atoms with E-state index in [1.807, 2.05) is 41.1 Å². The van der Waals surface area contributed by atoms with Crippen LogP contribution in [-0.2, 0) is 0 Å². The van der Waals surface area contributed by atoms with Gasteiger partial charge in [-0.05, 0) is 19.1 Å². The first-order valence-corrected chi connectivity index (χ1v) is 6.07. The molecule has 0 aliphatic carbocycles. The quantitative estimate of drug-likeness (QED) is 0.662. The van der Waals surface area contributed by atoms with Gasteiger partial charge in [0.15, 0.2) is 5.82 Å². The summed E-state index contributed by atoms with van der Waals surface area (Å²) in [7, 11) is 0. The van der Waals surface area contributed by atoms with Crippen molar-refractivity contribution in [2.24, 2.45) is 0 Å². The van der Waals surface area contributed by atoms with Gasteiger partial charge in [-0.3, -0.25) is 0 Å². The molecule has 0 aliphatic rings. The molecule has 0 radical (unpaired) electrons. The molecular formula is C11H8ClN3S. The minimum Gasteiger partial charge on any atom is -0.208 e. The summed E-state index contributed by atoms with van der Waals surface area (Å²) in [6.07, 6.45) is 0. The molecule has 0 saturated heterocycles. The summed E-state index contributed by atoms with van der Waals surface area (Å²) in [5.74, 6) is 0.681. The van der Waals surface area contributed by atoms with E-state index >= 15 is 0 Å². The topological polar surface area (TPSA) is 30.2 Å². The number of benzene rings is 1. The Morgan fingerprint density at radius 2 is 2.12 bits per heavy atom. The summed E-state index contributed by atoms with van der Waals surface area (Å²) >= 11 is 7.69. The first-order chi connectivity index (χ1) is 7.75. The minimum absolute atomic E-state index is 0.679. The highest BCUT2D eigenvalue weighted by Crippen LogP contribution is 2.26. The Kier molecular flexibility index (Phi) is 2.19. The van der Waals surface area contributed by atoms with Crippen LogP contribution in [0.2, 0.25) is 5.02 Å². The maximum absolute atomic E-state index is 6.11. The SMILES string of the molecule is Cc1csc2nc(-c3ccccc3Cl)nn12. The molecule has 3 rings (SSSR count). The summed E-state index contributed by atoms with van der Waals surface area (Å²) in [5.41, 5.74) is 1.96. The van der Waals surface area contributed by atoms with Crippen LogP contribution >= 0.6 is 22.9 Å². The highest BCUT2D eigenvalue weighted by Gasteiger charge is 2.11. The van der Waals surface area contributed by atoms with Crippen LogP contribution in [0.1, 0.15) is 5.69 Å². The van der Waals surface area contributed by atoms with E-state index in [1.54, 1.807) is 11.3 Å². The van der Waals surface area contributed by atoms with Crippen LogP contribution in [0.4, 0.5) is 0 Å². The fraction of sp³-hybridized carbons (Fsp3) is 0.0909. The van der Waals surface area contributed by atoms with Crippen LogP contribution in [0.5, 0.6) is 0 Å². The summed E-state index contributed by atoms with van der Waals surface area (Å²) in [6.45, 7) is 2.01. The van der Waals surface area contributed by atoms with Crippen LogP contribution in [0, 0.1) is 6.92 Å². The van der Waals surface area contributed by atoms with Gasteiger partial charge in [-0.2, -0.15) is 4.98 Å². The summed E-state index contributed by atoms with van der Waals surface area (Å²) in [5, 5.41) is 7.15. The standard InChI is InChI=1S/C11H8ClN3S/c1-7-6-16-11-13-10(14-15(7)11)8-4-2-3-5-9(8)12/h2-6H,1H3. The molecule has 3 aromatic rings. The van der Waals surface area contributed by atoms with E-state index < -0.39 is 0 Å². The Hall–Kier alpha value is -1.39. The lowest BCUT2D eigenvalue weighted by Crippen LogP contribution is -1.87. The Bertz CT molecular complexity index is 656. The zero-order valence-corrected chi connectivity index (χ0v) is 10.1. The van der Waals surface area contributed by atoms with Gasteiger partial charge in [-0.15, -0.1) is 16.4 Å². The van der Waals surface area contributed by atoms with Gasteiger partial charge in [-0.25, -0.2) is 4.52 Å². The predicted octanol–water partition coefficient (Wildman–Crippen LogP) is 3.42. The number of thiazole rings is 1. The molecule has 0 amide bonds. The average Bonchev–Trinajstić information content (AvgIpc) is 2.82. The zero-order valence-electron chi connectivity index (χ0n) is 8.51. The van der Waals surface area contributed by atoms with Gasteiger partial charge in [0.05, 0.1) is 10.7 Å². The highest BCUT2D eigenvalue weighted by atomic mass is 35.5. The molecule has 0 saturated carbocycles. The normalized spacial score (nSPS) is 11.1. The Balaban J connectivity index is 2.23. The maximum atomic E-state index is 6.11. The monoisotopic (exact) mass is 249 g/mol. The van der Waals surface area contributed by atoms with Gasteiger partial charge < -0.3 is 0 Å². The fourth-order valence-corrected chi connectivity index (χ4v) is 2.57. The van der Waals surface area contributed by atoms with Gasteiger partial charge in [0.2, 0.25) is 4.96 Å². The van der Waals surface area contributed by atoms with Crippen molar-refractivity contribution < 1.29 is 0 Å². The van der Waals surface area contributed by atoms with E-state index in [2.05, 4.69) is 10.1 Å². The van der Waals surface area contributed by atoms with Crippen molar-refractivity contribution in [1.82, 2.24) is 14.6 Å². The van der Waals surface area contributed by atoms with Crippen molar-refractivity contribution in [3.63, 3.8) is 0 Å². The predicted molar refractivity (Wildman–Crippen MR) is 66.0 cm³/mol. The summed E-state index contributed by atoms with van der Waals surface area (Å²) in [4.78, 5) is 5.35. The van der Waals surface area contributed by atoms with Crippen LogP contribution in [0.15, 0.2) is 29.6 Å². The molecule has 0 atom stereocenters. The third-order valence-corrected chi connectivity index (χ3v) is 3.62. The minimum atomic E-state index is 0.679. The molecule has 0 aliphatic heterocycles. The van der Waals surface area contributed by atoms with E-state index in [9.17, 15) is 0 Å². The summed E-state index contributed by atoms with van der Waals surface area (Å²) < 4.78 is 1.84. The van der Waals surface area contributed by atoms with Gasteiger partial charge in [0.1, 0.15) is 0 Å². The lowest BCUT2D eigenvalue weighted by atomic mass is 10.2. The van der Waals surface area contributed by atoms with E-state index in [-0.39, 0.29) is 0 Å². The molecule has 0 bridgehead atoms. The van der Waals surface area contributed by atoms with E-state index in [1.165, 1.54) is 0 Å². The molecule has 1 aromatic carbocycles. The van der Waals surface area contributed by atoms with E-state index in [4.69, 9.17) is 11.6 Å². The zero-order chi connectivity index (χ0) is 11.1. The molecule has 2 aromatic heterocycles. The van der Waals surface area contributed by atoms with Gasteiger partial charge >= 0.3 is 0 Å². The van der Waals surface area contributed by atoms with Crippen LogP contribution in [0.3, 0.4) is 0 Å². The molecule has 0 unspecified atom stereocenters. The molecule has 80 valence electrons. The summed E-state index contributed by atoms with van der Waals surface area (Å²) in [6, 6.07) is 7.61. The Labute approximate surface area is 101 Å². The lowest BCUT2D eigenvalue weighted by molar-refractivity contribution is 0.936. The number of fused-ring (bicyclic) bond motifs is 1.